The first kappa shape index (κ1) is 21.1. The Balaban J connectivity index is 0. The van der Waals surface area contributed by atoms with Crippen LogP contribution in [0.15, 0.2) is 0 Å². The van der Waals surface area contributed by atoms with Crippen LogP contribution in [0.5, 0.6) is 0 Å². The van der Waals surface area contributed by atoms with Gasteiger partial charge in [-0.1, -0.05) is 27.7 Å². The lowest BCUT2D eigenvalue weighted by Crippen LogP contribution is -2.27. The fraction of sp³-hybridized carbons (Fsp3) is 0.800. The molecule has 0 aliphatic heterocycles. The Kier molecular flexibility index (Phi) is 14.9. The molecule has 0 bridgehead atoms. The molecule has 0 aromatic heterocycles. The molecule has 0 aromatic carbocycles. The molecule has 0 atom stereocenters. The van der Waals surface area contributed by atoms with E-state index in [1.165, 1.54) is 6.92 Å². The van der Waals surface area contributed by atoms with E-state index in [9.17, 15) is 14.4 Å². The highest BCUT2D eigenvalue weighted by Crippen LogP contribution is 1.98. The standard InChI is InChI=1S/C13H23NO4.C2H6/c1-10(2)12(16)6-8-18-9-7-14-13(17)5-4-11(3)15;1-2/h10H,4-9H2,1-3H3,(H,14,17);1-2H3. The Morgan fingerprint density at radius 2 is 1.60 bits per heavy atom. The number of Topliss-reactive ketones (excluding diaryl/α,β-unsaturated/α-hetero) is 2. The third-order valence-corrected chi connectivity index (χ3v) is 2.41. The smallest absolute Gasteiger partial charge is 0.220 e. The Labute approximate surface area is 122 Å². The second-order valence-electron chi connectivity index (χ2n) is 4.54. The topological polar surface area (TPSA) is 72.5 Å². The van der Waals surface area contributed by atoms with Crippen LogP contribution in [0.1, 0.15) is 53.9 Å². The highest BCUT2D eigenvalue weighted by molar-refractivity contribution is 5.83. The second kappa shape index (κ2) is 14.2. The Morgan fingerprint density at radius 3 is 2.10 bits per heavy atom. The van der Waals surface area contributed by atoms with Gasteiger partial charge in [-0.25, -0.2) is 0 Å². The molecule has 0 saturated heterocycles. The highest BCUT2D eigenvalue weighted by Gasteiger charge is 2.06. The SMILES string of the molecule is CC.CC(=O)CCC(=O)NCCOCCC(=O)C(C)C. The number of carbonyl (C=O) groups is 3. The molecule has 0 rings (SSSR count). The summed E-state index contributed by atoms with van der Waals surface area (Å²) in [7, 11) is 0. The molecule has 0 radical (unpaired) electrons. The summed E-state index contributed by atoms with van der Waals surface area (Å²) in [5.74, 6) is 0.0843. The van der Waals surface area contributed by atoms with Crippen molar-refractivity contribution in [3.8, 4) is 0 Å². The van der Waals surface area contributed by atoms with Crippen LogP contribution in [0.25, 0.3) is 0 Å². The van der Waals surface area contributed by atoms with Crippen molar-refractivity contribution in [2.24, 2.45) is 5.92 Å². The van der Waals surface area contributed by atoms with E-state index in [1.54, 1.807) is 0 Å². The zero-order valence-corrected chi connectivity index (χ0v) is 13.5. The van der Waals surface area contributed by atoms with Crippen molar-refractivity contribution in [3.05, 3.63) is 0 Å². The molecule has 0 spiro atoms. The summed E-state index contributed by atoms with van der Waals surface area (Å²) in [6, 6.07) is 0. The summed E-state index contributed by atoms with van der Waals surface area (Å²) in [6.07, 6.45) is 0.909. The van der Waals surface area contributed by atoms with Crippen molar-refractivity contribution in [1.82, 2.24) is 5.32 Å². The maximum absolute atomic E-state index is 11.3. The fourth-order valence-electron chi connectivity index (χ4n) is 1.20. The summed E-state index contributed by atoms with van der Waals surface area (Å²) in [5, 5.41) is 2.65. The van der Waals surface area contributed by atoms with E-state index in [2.05, 4.69) is 5.32 Å². The van der Waals surface area contributed by atoms with Crippen molar-refractivity contribution in [1.29, 1.82) is 0 Å². The summed E-state index contributed by atoms with van der Waals surface area (Å²) in [5.41, 5.74) is 0. The fourth-order valence-corrected chi connectivity index (χ4v) is 1.20. The molecule has 0 aromatic rings. The number of carbonyl (C=O) groups excluding carboxylic acids is 3. The molecule has 0 aliphatic rings. The molecule has 0 saturated carbocycles. The third kappa shape index (κ3) is 14.8. The number of ether oxygens (including phenoxy) is 1. The van der Waals surface area contributed by atoms with Crippen molar-refractivity contribution >= 4 is 17.5 Å². The summed E-state index contributed by atoms with van der Waals surface area (Å²) >= 11 is 0. The van der Waals surface area contributed by atoms with Gasteiger partial charge in [0, 0.05) is 31.7 Å². The lowest BCUT2D eigenvalue weighted by molar-refractivity contribution is -0.125. The summed E-state index contributed by atoms with van der Waals surface area (Å²) < 4.78 is 5.23. The van der Waals surface area contributed by atoms with Gasteiger partial charge in [-0.2, -0.15) is 0 Å². The zero-order chi connectivity index (χ0) is 16.0. The minimum atomic E-state index is -0.146. The zero-order valence-electron chi connectivity index (χ0n) is 13.5. The van der Waals surface area contributed by atoms with Gasteiger partial charge in [0.1, 0.15) is 11.6 Å². The van der Waals surface area contributed by atoms with Gasteiger partial charge in [0.2, 0.25) is 5.91 Å². The predicted molar refractivity (Wildman–Crippen MR) is 79.6 cm³/mol. The van der Waals surface area contributed by atoms with E-state index in [4.69, 9.17) is 4.74 Å². The summed E-state index contributed by atoms with van der Waals surface area (Å²) in [4.78, 5) is 33.1. The molecule has 118 valence electrons. The number of ketones is 2. The monoisotopic (exact) mass is 287 g/mol. The number of hydrogen-bond acceptors (Lipinski definition) is 4. The second-order valence-corrected chi connectivity index (χ2v) is 4.54. The van der Waals surface area contributed by atoms with E-state index < -0.39 is 0 Å². The predicted octanol–water partition coefficient (Wildman–Crippen LogP) is 2.13. The molecular weight excluding hydrogens is 258 g/mol. The van der Waals surface area contributed by atoms with Crippen LogP contribution >= 0.6 is 0 Å². The first-order valence-electron chi connectivity index (χ1n) is 7.30. The van der Waals surface area contributed by atoms with E-state index in [0.717, 1.165) is 0 Å². The average Bonchev–Trinajstić information content (AvgIpc) is 2.42. The van der Waals surface area contributed by atoms with E-state index in [-0.39, 0.29) is 36.2 Å². The maximum Gasteiger partial charge on any atom is 0.220 e. The average molecular weight is 287 g/mol. The molecule has 5 heteroatoms. The molecule has 0 aliphatic carbocycles. The van der Waals surface area contributed by atoms with Crippen LogP contribution in [-0.2, 0) is 19.1 Å². The first-order chi connectivity index (χ1) is 9.43. The van der Waals surface area contributed by atoms with Gasteiger partial charge in [-0.05, 0) is 6.92 Å². The van der Waals surface area contributed by atoms with Gasteiger partial charge in [-0.15, -0.1) is 0 Å². The third-order valence-electron chi connectivity index (χ3n) is 2.41. The Morgan fingerprint density at radius 1 is 1.00 bits per heavy atom. The van der Waals surface area contributed by atoms with E-state index >= 15 is 0 Å². The number of amides is 1. The number of hydrogen-bond donors (Lipinski definition) is 1. The van der Waals surface area contributed by atoms with Crippen molar-refractivity contribution in [2.75, 3.05) is 19.8 Å². The lowest BCUT2D eigenvalue weighted by Gasteiger charge is -2.07. The largest absolute Gasteiger partial charge is 0.379 e. The summed E-state index contributed by atoms with van der Waals surface area (Å²) in [6.45, 7) is 10.4. The van der Waals surface area contributed by atoms with Crippen LogP contribution in [0.3, 0.4) is 0 Å². The van der Waals surface area contributed by atoms with Crippen molar-refractivity contribution in [2.45, 2.75) is 53.9 Å². The number of nitrogens with one attached hydrogen (secondary N) is 1. The van der Waals surface area contributed by atoms with Gasteiger partial charge in [0.25, 0.3) is 0 Å². The molecule has 1 amide bonds. The van der Waals surface area contributed by atoms with Crippen LogP contribution in [0, 0.1) is 5.92 Å². The highest BCUT2D eigenvalue weighted by atomic mass is 16.5. The first-order valence-corrected chi connectivity index (χ1v) is 7.30. The van der Waals surface area contributed by atoms with Crippen LogP contribution in [0.2, 0.25) is 0 Å². The molecular formula is C15H29NO4. The Hall–Kier alpha value is -1.23. The molecule has 5 nitrogen and oxygen atoms in total. The van der Waals surface area contributed by atoms with E-state index in [1.807, 2.05) is 27.7 Å². The minimum absolute atomic E-state index is 0.00796. The molecule has 0 unspecified atom stereocenters. The van der Waals surface area contributed by atoms with Crippen LogP contribution in [-0.4, -0.2) is 37.2 Å². The lowest BCUT2D eigenvalue weighted by atomic mass is 10.1. The van der Waals surface area contributed by atoms with Gasteiger partial charge in [0.05, 0.1) is 13.2 Å². The molecule has 1 N–H and O–H groups in total. The van der Waals surface area contributed by atoms with Crippen LogP contribution in [0.4, 0.5) is 0 Å². The van der Waals surface area contributed by atoms with Gasteiger partial charge >= 0.3 is 0 Å². The van der Waals surface area contributed by atoms with Gasteiger partial charge in [0.15, 0.2) is 0 Å². The molecule has 0 heterocycles. The van der Waals surface area contributed by atoms with Gasteiger partial charge < -0.3 is 14.8 Å². The minimum Gasteiger partial charge on any atom is -0.379 e. The quantitative estimate of drug-likeness (QED) is 0.625. The van der Waals surface area contributed by atoms with Gasteiger partial charge in [-0.3, -0.25) is 9.59 Å². The Bertz CT molecular complexity index is 288. The number of rotatable bonds is 10. The van der Waals surface area contributed by atoms with Crippen molar-refractivity contribution in [3.63, 3.8) is 0 Å². The van der Waals surface area contributed by atoms with Crippen LogP contribution < -0.4 is 5.32 Å². The van der Waals surface area contributed by atoms with E-state index in [0.29, 0.717) is 26.2 Å². The normalized spacial score (nSPS) is 9.70. The molecule has 20 heavy (non-hydrogen) atoms. The maximum atomic E-state index is 11.3. The van der Waals surface area contributed by atoms with Crippen molar-refractivity contribution < 1.29 is 19.1 Å². The molecule has 0 fully saturated rings.